The minimum Gasteiger partial charge on any atom is -0.397 e. The third-order valence-electron chi connectivity index (χ3n) is 4.68. The van der Waals surface area contributed by atoms with Crippen LogP contribution < -0.4 is 11.1 Å². The van der Waals surface area contributed by atoms with E-state index in [1.165, 1.54) is 16.9 Å². The van der Waals surface area contributed by atoms with Crippen LogP contribution in [0.25, 0.3) is 10.2 Å². The Kier molecular flexibility index (Phi) is 4.56. The lowest BCUT2D eigenvalue weighted by Gasteiger charge is -2.26. The number of hydrogen-bond donors (Lipinski definition) is 2. The number of nitrogens with two attached hydrogens (primary N) is 1. The zero-order valence-corrected chi connectivity index (χ0v) is 16.0. The lowest BCUT2D eigenvalue weighted by molar-refractivity contribution is 0.103. The van der Waals surface area contributed by atoms with Crippen LogP contribution in [-0.2, 0) is 13.0 Å². The van der Waals surface area contributed by atoms with Crippen molar-refractivity contribution in [3.8, 4) is 0 Å². The van der Waals surface area contributed by atoms with E-state index in [9.17, 15) is 4.79 Å². The summed E-state index contributed by atoms with van der Waals surface area (Å²) < 4.78 is 0. The van der Waals surface area contributed by atoms with E-state index in [0.29, 0.717) is 21.3 Å². The lowest BCUT2D eigenvalue weighted by atomic mass is 10.0. The number of likely N-dealkylation sites (N-methyl/N-ethyl adjacent to an activating group) is 1. The molecule has 3 N–H and O–H groups in total. The molecular weight excluding hydrogens is 368 g/mol. The van der Waals surface area contributed by atoms with E-state index in [-0.39, 0.29) is 5.91 Å². The number of thiophene rings is 1. The summed E-state index contributed by atoms with van der Waals surface area (Å²) in [7, 11) is 0. The van der Waals surface area contributed by atoms with Crippen LogP contribution >= 0.6 is 22.9 Å². The summed E-state index contributed by atoms with van der Waals surface area (Å²) in [5.41, 5.74) is 9.75. The first-order chi connectivity index (χ1) is 12.5. The number of pyridine rings is 1. The topological polar surface area (TPSA) is 71.2 Å². The fourth-order valence-electron chi connectivity index (χ4n) is 3.25. The molecule has 26 heavy (non-hydrogen) atoms. The molecule has 0 bridgehead atoms. The number of carbonyl (C=O) groups excluding carboxylic acids is 1. The predicted molar refractivity (Wildman–Crippen MR) is 108 cm³/mol. The van der Waals surface area contributed by atoms with Crippen molar-refractivity contribution in [2.45, 2.75) is 19.9 Å². The first-order valence-electron chi connectivity index (χ1n) is 8.55. The molecule has 0 unspecified atom stereocenters. The Bertz CT molecular complexity index is 1000. The molecule has 134 valence electrons. The van der Waals surface area contributed by atoms with Gasteiger partial charge in [-0.25, -0.2) is 4.98 Å². The summed E-state index contributed by atoms with van der Waals surface area (Å²) in [4.78, 5) is 21.1. The van der Waals surface area contributed by atoms with Gasteiger partial charge in [-0.2, -0.15) is 0 Å². The molecule has 4 rings (SSSR count). The smallest absolute Gasteiger partial charge is 0.267 e. The second-order valence-electron chi connectivity index (χ2n) is 6.38. The maximum atomic E-state index is 12.7. The quantitative estimate of drug-likeness (QED) is 0.708. The summed E-state index contributed by atoms with van der Waals surface area (Å²) in [6.45, 7) is 5.08. The largest absolute Gasteiger partial charge is 0.397 e. The van der Waals surface area contributed by atoms with Crippen LogP contribution in [0.15, 0.2) is 30.3 Å². The Hall–Kier alpha value is -2.15. The normalized spacial score (nSPS) is 14.4. The van der Waals surface area contributed by atoms with Crippen molar-refractivity contribution in [1.29, 1.82) is 0 Å². The second kappa shape index (κ2) is 6.87. The average molecular weight is 387 g/mol. The Labute approximate surface area is 160 Å². The molecule has 7 heteroatoms. The molecule has 1 amide bonds. The first-order valence-corrected chi connectivity index (χ1v) is 9.74. The number of rotatable bonds is 3. The van der Waals surface area contributed by atoms with E-state index in [1.807, 2.05) is 0 Å². The van der Waals surface area contributed by atoms with Crippen LogP contribution in [0.5, 0.6) is 0 Å². The van der Waals surface area contributed by atoms with Gasteiger partial charge in [0, 0.05) is 41.3 Å². The molecule has 1 aliphatic heterocycles. The zero-order chi connectivity index (χ0) is 18.3. The predicted octanol–water partition coefficient (Wildman–Crippen LogP) is 4.16. The highest BCUT2D eigenvalue weighted by Gasteiger charge is 2.22. The summed E-state index contributed by atoms with van der Waals surface area (Å²) in [5.74, 6) is -0.235. The summed E-state index contributed by atoms with van der Waals surface area (Å²) in [5, 5.41) is 4.29. The summed E-state index contributed by atoms with van der Waals surface area (Å²) in [6, 6.07) is 9.16. The highest BCUT2D eigenvalue weighted by atomic mass is 35.5. The van der Waals surface area contributed by atoms with Gasteiger partial charge in [0.15, 0.2) is 0 Å². The van der Waals surface area contributed by atoms with E-state index in [1.54, 1.807) is 24.3 Å². The first kappa shape index (κ1) is 17.3. The molecule has 1 aliphatic rings. The molecule has 2 aromatic heterocycles. The van der Waals surface area contributed by atoms with Gasteiger partial charge in [0.05, 0.1) is 5.69 Å². The number of fused-ring (bicyclic) bond motifs is 2. The molecule has 0 spiro atoms. The standard InChI is InChI=1S/C19H19ClN4OS/c1-2-24-7-6-15-11(10-24)8-14-16(21)17(26-19(14)23-15)18(25)22-13-5-3-4-12(20)9-13/h3-5,8-9H,2,6-7,10,21H2,1H3,(H,22,25). The van der Waals surface area contributed by atoms with Crippen LogP contribution in [0.2, 0.25) is 5.02 Å². The third kappa shape index (κ3) is 3.16. The third-order valence-corrected chi connectivity index (χ3v) is 6.03. The average Bonchev–Trinajstić information content (AvgIpc) is 2.95. The van der Waals surface area contributed by atoms with Gasteiger partial charge in [-0.3, -0.25) is 9.69 Å². The molecule has 3 heterocycles. The van der Waals surface area contributed by atoms with Crippen molar-refractivity contribution >= 4 is 50.4 Å². The van der Waals surface area contributed by atoms with Crippen molar-refractivity contribution < 1.29 is 4.79 Å². The van der Waals surface area contributed by atoms with E-state index >= 15 is 0 Å². The van der Waals surface area contributed by atoms with Crippen LogP contribution in [0.3, 0.4) is 0 Å². The van der Waals surface area contributed by atoms with Crippen LogP contribution in [0.4, 0.5) is 11.4 Å². The number of nitrogens with one attached hydrogen (secondary N) is 1. The van der Waals surface area contributed by atoms with Gasteiger partial charge in [-0.15, -0.1) is 11.3 Å². The Morgan fingerprint density at radius 2 is 2.27 bits per heavy atom. The van der Waals surface area contributed by atoms with Crippen LogP contribution in [0, 0.1) is 0 Å². The fraction of sp³-hybridized carbons (Fsp3) is 0.263. The maximum absolute atomic E-state index is 12.7. The molecule has 0 fully saturated rings. The van der Waals surface area contributed by atoms with E-state index in [4.69, 9.17) is 22.3 Å². The Balaban J connectivity index is 1.68. The number of anilines is 2. The van der Waals surface area contributed by atoms with Gasteiger partial charge in [0.2, 0.25) is 0 Å². The van der Waals surface area contributed by atoms with Gasteiger partial charge in [-0.1, -0.05) is 24.6 Å². The molecule has 0 radical (unpaired) electrons. The van der Waals surface area contributed by atoms with E-state index in [0.717, 1.165) is 42.0 Å². The highest BCUT2D eigenvalue weighted by molar-refractivity contribution is 7.21. The van der Waals surface area contributed by atoms with Gasteiger partial charge in [0.25, 0.3) is 5.91 Å². The molecule has 1 aromatic carbocycles. The number of carbonyl (C=O) groups is 1. The molecule has 3 aromatic rings. The molecule has 0 aliphatic carbocycles. The van der Waals surface area contributed by atoms with Crippen LogP contribution in [-0.4, -0.2) is 28.9 Å². The van der Waals surface area contributed by atoms with Crippen molar-refractivity contribution in [3.05, 3.63) is 51.5 Å². The van der Waals surface area contributed by atoms with E-state index in [2.05, 4.69) is 23.2 Å². The number of nitrogen functional groups attached to an aromatic ring is 1. The number of amides is 1. The number of halogens is 1. The monoisotopic (exact) mass is 386 g/mol. The summed E-state index contributed by atoms with van der Waals surface area (Å²) >= 11 is 7.32. The second-order valence-corrected chi connectivity index (χ2v) is 7.81. The van der Waals surface area contributed by atoms with Crippen molar-refractivity contribution in [3.63, 3.8) is 0 Å². The summed E-state index contributed by atoms with van der Waals surface area (Å²) in [6.07, 6.45) is 0.932. The number of nitrogens with zero attached hydrogens (tertiary/aromatic N) is 2. The van der Waals surface area contributed by atoms with Crippen LogP contribution in [0.1, 0.15) is 27.9 Å². The van der Waals surface area contributed by atoms with Gasteiger partial charge >= 0.3 is 0 Å². The van der Waals surface area contributed by atoms with Gasteiger partial charge in [0.1, 0.15) is 9.71 Å². The molecule has 5 nitrogen and oxygen atoms in total. The van der Waals surface area contributed by atoms with Crippen molar-refractivity contribution in [2.24, 2.45) is 0 Å². The molecule has 0 saturated heterocycles. The maximum Gasteiger partial charge on any atom is 0.267 e. The number of aromatic nitrogens is 1. The minimum absolute atomic E-state index is 0.235. The Morgan fingerprint density at radius 1 is 1.42 bits per heavy atom. The lowest BCUT2D eigenvalue weighted by Crippen LogP contribution is -2.30. The molecule has 0 atom stereocenters. The van der Waals surface area contributed by atoms with Gasteiger partial charge < -0.3 is 11.1 Å². The minimum atomic E-state index is -0.235. The van der Waals surface area contributed by atoms with E-state index < -0.39 is 0 Å². The number of benzene rings is 1. The van der Waals surface area contributed by atoms with Gasteiger partial charge in [-0.05, 0) is 36.4 Å². The van der Waals surface area contributed by atoms with Crippen molar-refractivity contribution in [1.82, 2.24) is 9.88 Å². The molecule has 0 saturated carbocycles. The SMILES string of the molecule is CCN1CCc2nc3sc(C(=O)Nc4cccc(Cl)c4)c(N)c3cc2C1. The number of hydrogen-bond acceptors (Lipinski definition) is 5. The zero-order valence-electron chi connectivity index (χ0n) is 14.4. The molecular formula is C19H19ClN4OS. The fourth-order valence-corrected chi connectivity index (χ4v) is 4.43. The highest BCUT2D eigenvalue weighted by Crippen LogP contribution is 2.35. The Morgan fingerprint density at radius 3 is 3.04 bits per heavy atom. The van der Waals surface area contributed by atoms with Crippen molar-refractivity contribution in [2.75, 3.05) is 24.1 Å².